The van der Waals surface area contributed by atoms with Crippen LogP contribution in [0.4, 0.5) is 22.9 Å². The van der Waals surface area contributed by atoms with Gasteiger partial charge >= 0.3 is 0 Å². The smallest absolute Gasteiger partial charge is 0.201 e. The van der Waals surface area contributed by atoms with Crippen molar-refractivity contribution >= 4 is 83.6 Å². The number of nitrogens with one attached hydrogen (secondary N) is 1. The molecule has 0 aliphatic carbocycles. The van der Waals surface area contributed by atoms with Gasteiger partial charge in [0.05, 0.1) is 17.6 Å². The second-order valence-corrected chi connectivity index (χ2v) is 10.4. The van der Waals surface area contributed by atoms with Crippen LogP contribution in [0, 0.1) is 0 Å². The van der Waals surface area contributed by atoms with E-state index in [1.807, 2.05) is 24.4 Å². The normalized spacial score (nSPS) is 12.9. The Kier molecular flexibility index (Phi) is 4.61. The van der Waals surface area contributed by atoms with Gasteiger partial charge in [-0.25, -0.2) is 4.98 Å². The summed E-state index contributed by atoms with van der Waals surface area (Å²) in [5.41, 5.74) is 7.31. The summed E-state index contributed by atoms with van der Waals surface area (Å²) in [7, 11) is 0. The van der Waals surface area contributed by atoms with Crippen molar-refractivity contribution in [2.24, 2.45) is 0 Å². The summed E-state index contributed by atoms with van der Waals surface area (Å²) in [6, 6.07) is 36.0. The van der Waals surface area contributed by atoms with Crippen molar-refractivity contribution in [3.63, 3.8) is 0 Å². The van der Waals surface area contributed by atoms with Gasteiger partial charge in [-0.1, -0.05) is 72.8 Å². The summed E-state index contributed by atoms with van der Waals surface area (Å²) in [4.78, 5) is 7.18. The second kappa shape index (κ2) is 8.47. The molecule has 5 aromatic carbocycles. The summed E-state index contributed by atoms with van der Waals surface area (Å²) >= 11 is 0. The Bertz CT molecular complexity index is 2340. The van der Waals surface area contributed by atoms with Crippen molar-refractivity contribution < 1.29 is 8.83 Å². The zero-order valence-corrected chi connectivity index (χ0v) is 22.0. The summed E-state index contributed by atoms with van der Waals surface area (Å²) < 4.78 is 12.6. The van der Waals surface area contributed by atoms with Crippen molar-refractivity contribution in [3.8, 4) is 0 Å². The number of rotatable bonds is 3. The van der Waals surface area contributed by atoms with Gasteiger partial charge in [0.2, 0.25) is 5.88 Å². The first kappa shape index (κ1) is 22.3. The number of anilines is 4. The number of hydrogen-bond donors (Lipinski definition) is 1. The van der Waals surface area contributed by atoms with Gasteiger partial charge < -0.3 is 19.1 Å². The first-order chi connectivity index (χ1) is 20.3. The van der Waals surface area contributed by atoms with Crippen LogP contribution in [0.5, 0.6) is 0 Å². The summed E-state index contributed by atoms with van der Waals surface area (Å²) in [6.45, 7) is 0.762. The summed E-state index contributed by atoms with van der Waals surface area (Å²) in [5, 5.41) is 10.2. The Hall–Kier alpha value is -5.55. The van der Waals surface area contributed by atoms with Crippen molar-refractivity contribution in [3.05, 3.63) is 121 Å². The van der Waals surface area contributed by atoms with E-state index in [4.69, 9.17) is 13.8 Å². The van der Waals surface area contributed by atoms with Gasteiger partial charge in [0, 0.05) is 46.1 Å². The zero-order valence-electron chi connectivity index (χ0n) is 22.0. The van der Waals surface area contributed by atoms with E-state index in [1.165, 1.54) is 16.2 Å². The van der Waals surface area contributed by atoms with Gasteiger partial charge in [-0.05, 0) is 46.5 Å². The third kappa shape index (κ3) is 3.33. The lowest BCUT2D eigenvalue weighted by Crippen LogP contribution is -2.11. The molecule has 1 N–H and O–H groups in total. The molecule has 4 heterocycles. The van der Waals surface area contributed by atoms with Crippen LogP contribution < -0.4 is 10.2 Å². The van der Waals surface area contributed by atoms with Crippen LogP contribution in [0.2, 0.25) is 0 Å². The fraction of sp³-hybridized carbons (Fsp3) is 0.0278. The molecule has 0 radical (unpaired) electrons. The number of para-hydroxylation sites is 1. The minimum Gasteiger partial charge on any atom is -0.454 e. The Labute approximate surface area is 234 Å². The molecule has 9 rings (SSSR count). The highest BCUT2D eigenvalue weighted by Gasteiger charge is 2.22. The molecule has 194 valence electrons. The molecule has 3 aromatic heterocycles. The number of furan rings is 2. The van der Waals surface area contributed by atoms with Crippen LogP contribution in [0.1, 0.15) is 5.56 Å². The number of pyridine rings is 1. The quantitative estimate of drug-likeness (QED) is 0.231. The molecular formula is C36H23N3O2. The Balaban J connectivity index is 1.34. The molecule has 0 atom stereocenters. The van der Waals surface area contributed by atoms with Crippen LogP contribution in [0.3, 0.4) is 0 Å². The number of benzene rings is 5. The maximum atomic E-state index is 6.30. The molecule has 0 saturated heterocycles. The van der Waals surface area contributed by atoms with E-state index in [0.29, 0.717) is 0 Å². The fourth-order valence-electron chi connectivity index (χ4n) is 6.22. The van der Waals surface area contributed by atoms with Crippen molar-refractivity contribution in [1.82, 2.24) is 4.98 Å². The van der Waals surface area contributed by atoms with Crippen molar-refractivity contribution in [2.75, 3.05) is 16.8 Å². The van der Waals surface area contributed by atoms with E-state index in [2.05, 4.69) is 107 Å². The molecule has 0 saturated carbocycles. The first-order valence-corrected chi connectivity index (χ1v) is 13.8. The van der Waals surface area contributed by atoms with Gasteiger partial charge in [-0.3, -0.25) is 0 Å². The predicted octanol–water partition coefficient (Wildman–Crippen LogP) is 9.94. The first-order valence-electron chi connectivity index (χ1n) is 13.8. The molecule has 5 heteroatoms. The molecule has 0 bridgehead atoms. The van der Waals surface area contributed by atoms with E-state index in [1.54, 1.807) is 0 Å². The van der Waals surface area contributed by atoms with Crippen molar-refractivity contribution in [1.29, 1.82) is 0 Å². The van der Waals surface area contributed by atoms with E-state index < -0.39 is 0 Å². The average Bonchev–Trinajstić information content (AvgIpc) is 3.59. The minimum absolute atomic E-state index is 0.752. The monoisotopic (exact) mass is 529 g/mol. The Morgan fingerprint density at radius 2 is 1.41 bits per heavy atom. The van der Waals surface area contributed by atoms with E-state index >= 15 is 0 Å². The van der Waals surface area contributed by atoms with Gasteiger partial charge in [0.15, 0.2) is 5.58 Å². The summed E-state index contributed by atoms with van der Waals surface area (Å²) in [6.07, 6.45) is 6.19. The maximum Gasteiger partial charge on any atom is 0.201 e. The largest absolute Gasteiger partial charge is 0.454 e. The highest BCUT2D eigenvalue weighted by atomic mass is 16.4. The molecule has 1 aliphatic heterocycles. The van der Waals surface area contributed by atoms with Gasteiger partial charge in [-0.2, -0.15) is 0 Å². The third-order valence-electron chi connectivity index (χ3n) is 8.08. The Morgan fingerprint density at radius 1 is 0.634 bits per heavy atom. The third-order valence-corrected chi connectivity index (χ3v) is 8.08. The van der Waals surface area contributed by atoms with E-state index in [9.17, 15) is 0 Å². The molecule has 5 nitrogen and oxygen atoms in total. The van der Waals surface area contributed by atoms with Crippen LogP contribution in [0.25, 0.3) is 60.7 Å². The number of nitrogens with zero attached hydrogens (tertiary/aromatic N) is 2. The molecular weight excluding hydrogens is 506 g/mol. The highest BCUT2D eigenvalue weighted by Crippen LogP contribution is 2.44. The molecule has 0 unspecified atom stereocenters. The van der Waals surface area contributed by atoms with Crippen LogP contribution in [0.15, 0.2) is 124 Å². The SMILES string of the molecule is C1=Cc2c(oc3cc(N(c4cnc5c(c4)oc4ccccc45)c4cc5ccccc5c5ccccc45)ccc23)NC1. The molecule has 8 aromatic rings. The molecule has 0 spiro atoms. The molecule has 41 heavy (non-hydrogen) atoms. The zero-order chi connectivity index (χ0) is 26.9. The van der Waals surface area contributed by atoms with Crippen LogP contribution in [-0.2, 0) is 0 Å². The number of fused-ring (bicyclic) bond motifs is 9. The van der Waals surface area contributed by atoms with Gasteiger partial charge in [-0.15, -0.1) is 0 Å². The lowest BCUT2D eigenvalue weighted by Gasteiger charge is -2.27. The topological polar surface area (TPSA) is 54.4 Å². The molecule has 0 fully saturated rings. The summed E-state index contributed by atoms with van der Waals surface area (Å²) in [5.74, 6) is 0.813. The van der Waals surface area contributed by atoms with Gasteiger partial charge in [0.1, 0.15) is 16.7 Å². The average molecular weight is 530 g/mol. The molecule has 1 aliphatic rings. The molecule has 0 amide bonds. The Morgan fingerprint density at radius 3 is 2.34 bits per heavy atom. The van der Waals surface area contributed by atoms with E-state index in [0.717, 1.165) is 73.5 Å². The number of hydrogen-bond acceptors (Lipinski definition) is 5. The lowest BCUT2D eigenvalue weighted by atomic mass is 9.99. The maximum absolute atomic E-state index is 6.30. The van der Waals surface area contributed by atoms with Crippen LogP contribution >= 0.6 is 0 Å². The van der Waals surface area contributed by atoms with Crippen LogP contribution in [-0.4, -0.2) is 11.5 Å². The fourth-order valence-corrected chi connectivity index (χ4v) is 6.22. The lowest BCUT2D eigenvalue weighted by molar-refractivity contribution is 0.628. The predicted molar refractivity (Wildman–Crippen MR) is 169 cm³/mol. The standard InChI is InChI=1S/C36H23N3O2/c1-2-9-25-22(8-1)18-31(27-11-4-3-10-26(25)27)39(23-15-16-28-29-13-7-17-37-36(29)41-33(28)19-23)24-20-34-35(38-21-24)30-12-5-6-14-32(30)40-34/h1-16,18-21,37H,17H2. The second-order valence-electron chi connectivity index (χ2n) is 10.4. The van der Waals surface area contributed by atoms with Gasteiger partial charge in [0.25, 0.3) is 0 Å². The minimum atomic E-state index is 0.752. The highest BCUT2D eigenvalue weighted by molar-refractivity contribution is 6.15. The van der Waals surface area contributed by atoms with E-state index in [-0.39, 0.29) is 0 Å². The number of aromatic nitrogens is 1. The van der Waals surface area contributed by atoms with Crippen molar-refractivity contribution in [2.45, 2.75) is 0 Å².